The first-order valence-electron chi connectivity index (χ1n) is 17.2. The third-order valence-electron chi connectivity index (χ3n) is 9.57. The van der Waals surface area contributed by atoms with E-state index in [9.17, 15) is 52.7 Å². The van der Waals surface area contributed by atoms with Crippen LogP contribution < -0.4 is 31.4 Å². The number of nitrogens with zero attached hydrogens (tertiary/aromatic N) is 1. The zero-order valence-electron chi connectivity index (χ0n) is 30.6. The second-order valence-corrected chi connectivity index (χ2v) is 13.0. The highest BCUT2D eigenvalue weighted by Gasteiger charge is 2.52. The van der Waals surface area contributed by atoms with Gasteiger partial charge in [0.05, 0.1) is 0 Å². The number of hydrogen-bond donors (Lipinski definition) is 0. The Morgan fingerprint density at radius 1 is 0.266 bits per heavy atom. The maximum Gasteiger partial charge on any atom is 0.223 e. The molecule has 0 spiro atoms. The second kappa shape index (κ2) is 17.6. The van der Waals surface area contributed by atoms with Gasteiger partial charge in [-0.3, -0.25) is 0 Å². The van der Waals surface area contributed by atoms with E-state index in [2.05, 4.69) is 24.3 Å². The molecule has 0 aliphatic carbocycles. The Bertz CT molecular complexity index is 2570. The number of halogens is 20. The maximum atomic E-state index is 15.4. The van der Waals surface area contributed by atoms with Gasteiger partial charge in [-0.25, -0.2) is 92.6 Å². The predicted molar refractivity (Wildman–Crippen MR) is 184 cm³/mol. The Hall–Kier alpha value is -7.07. The van der Waals surface area contributed by atoms with E-state index >= 15 is 35.1 Å². The molecule has 0 saturated carbocycles. The van der Waals surface area contributed by atoms with Crippen LogP contribution in [0.5, 0.6) is 5.75 Å². The minimum Gasteiger partial charge on any atom is -0.232 e. The summed E-state index contributed by atoms with van der Waals surface area (Å²) in [7, 11) is 0. The quantitative estimate of drug-likeness (QED) is 0.0511. The highest BCUT2D eigenvalue weighted by atomic mass is 19.2. The van der Waals surface area contributed by atoms with Crippen LogP contribution in [0.4, 0.5) is 87.8 Å². The van der Waals surface area contributed by atoms with Crippen molar-refractivity contribution in [2.75, 3.05) is 0 Å². The molecule has 64 heavy (non-hydrogen) atoms. The van der Waals surface area contributed by atoms with Crippen molar-refractivity contribution >= 4 is 28.0 Å². The van der Waals surface area contributed by atoms with Crippen molar-refractivity contribution in [2.45, 2.75) is 0 Å². The largest absolute Gasteiger partial charge is 0.232 e. The molecule has 0 unspecified atom stereocenters. The Kier molecular flexibility index (Phi) is 12.8. The molecule has 2 nitrogen and oxygen atoms in total. The van der Waals surface area contributed by atoms with Crippen LogP contribution in [-0.4, -0.2) is 6.15 Å². The van der Waals surface area contributed by atoms with E-state index in [1.54, 1.807) is 4.73 Å². The highest BCUT2D eigenvalue weighted by Crippen LogP contribution is 2.31. The van der Waals surface area contributed by atoms with Crippen LogP contribution in [0, 0.1) is 116 Å². The lowest BCUT2D eigenvalue weighted by Crippen LogP contribution is -2.81. The normalized spacial score (nSPS) is 11.4. The molecule has 0 atom stereocenters. The molecule has 0 fully saturated rings. The highest BCUT2D eigenvalue weighted by molar-refractivity contribution is 7.20. The SMILES string of the molecule is Fc1c(F)c(F)c([B-](c2c(F)c(F)c(F)c(F)c2F)(c2c(F)c(F)c(F)c(F)c2F)c2c(F)c(F)c(F)c(F)c2F)c(F)c1F.c1ccc(-c2ccc(O[n+]3ccccc3)cc2)cc1. The molecule has 0 radical (unpaired) electrons. The topological polar surface area (TPSA) is 13.1 Å². The molecule has 7 aromatic rings. The molecule has 6 aromatic carbocycles. The van der Waals surface area contributed by atoms with Crippen LogP contribution in [-0.2, 0) is 0 Å². The molecule has 0 N–H and O–H groups in total. The number of aromatic nitrogens is 1. The average Bonchev–Trinajstić information content (AvgIpc) is 3.30. The van der Waals surface area contributed by atoms with Gasteiger partial charge in [-0.2, -0.15) is 0 Å². The summed E-state index contributed by atoms with van der Waals surface area (Å²) in [5.41, 5.74) is -11.9. The molecular weight excluding hydrogens is 913 g/mol. The van der Waals surface area contributed by atoms with E-state index < -0.39 is 144 Å². The Labute approximate surface area is 343 Å². The zero-order chi connectivity index (χ0) is 47.3. The summed E-state index contributed by atoms with van der Waals surface area (Å²) in [5, 5.41) is 0. The van der Waals surface area contributed by atoms with Crippen molar-refractivity contribution < 1.29 is 97.4 Å². The molecule has 23 heteroatoms. The predicted octanol–water partition coefficient (Wildman–Crippen LogP) is 9.33. The van der Waals surface area contributed by atoms with Gasteiger partial charge < -0.3 is 0 Å². The van der Waals surface area contributed by atoms with Crippen LogP contribution >= 0.6 is 0 Å². The van der Waals surface area contributed by atoms with Gasteiger partial charge in [-0.15, -0.1) is 21.9 Å². The standard InChI is InChI=1S/C24BF20.C17H14NO/c26-5-1(6(27)14(35)21(42)13(5)34)25(2-7(28)15(36)22(43)16(37)8(2)29,3-9(30)17(38)23(44)18(39)10(3)31)4-11(32)19(40)24(45)20(41)12(4)33;1-3-7-15(8-4-1)16-9-11-17(12-10-16)19-18-13-5-2-6-14-18/h;1-14H/q-1;+1. The summed E-state index contributed by atoms with van der Waals surface area (Å²) in [4.78, 5) is 5.69. The van der Waals surface area contributed by atoms with Crippen molar-refractivity contribution in [3.8, 4) is 16.9 Å². The summed E-state index contributed by atoms with van der Waals surface area (Å²) in [6, 6.07) is 24.2. The van der Waals surface area contributed by atoms with Gasteiger partial charge in [0.25, 0.3) is 0 Å². The lowest BCUT2D eigenvalue weighted by atomic mass is 9.12. The molecule has 1 heterocycles. The summed E-state index contributed by atoms with van der Waals surface area (Å²) in [6.45, 7) is 0. The van der Waals surface area contributed by atoms with E-state index in [4.69, 9.17) is 4.84 Å². The average molecular weight is 927 g/mol. The van der Waals surface area contributed by atoms with Crippen molar-refractivity contribution in [3.63, 3.8) is 0 Å². The third-order valence-corrected chi connectivity index (χ3v) is 9.57. The van der Waals surface area contributed by atoms with Gasteiger partial charge in [0.1, 0.15) is 52.7 Å². The van der Waals surface area contributed by atoms with Gasteiger partial charge in [-0.05, 0) is 23.3 Å². The minimum absolute atomic E-state index is 0.816. The van der Waals surface area contributed by atoms with Gasteiger partial charge in [-0.1, -0.05) is 48.5 Å². The lowest BCUT2D eigenvalue weighted by Gasteiger charge is -2.44. The number of hydrogen-bond acceptors (Lipinski definition) is 1. The van der Waals surface area contributed by atoms with Crippen LogP contribution in [0.3, 0.4) is 0 Å². The number of benzene rings is 6. The molecule has 0 saturated heterocycles. The number of pyridine rings is 1. The first-order valence-corrected chi connectivity index (χ1v) is 17.2. The monoisotopic (exact) mass is 927 g/mol. The fourth-order valence-corrected chi connectivity index (χ4v) is 6.78. The van der Waals surface area contributed by atoms with Gasteiger partial charge in [0.2, 0.25) is 18.1 Å². The summed E-state index contributed by atoms with van der Waals surface area (Å²) >= 11 is 0. The smallest absolute Gasteiger partial charge is 0.223 e. The van der Waals surface area contributed by atoms with Crippen LogP contribution in [0.1, 0.15) is 0 Å². The molecular formula is C41H14BF20NO. The van der Waals surface area contributed by atoms with E-state index in [0.29, 0.717) is 0 Å². The molecule has 0 aliphatic rings. The first-order chi connectivity index (χ1) is 30.1. The van der Waals surface area contributed by atoms with Gasteiger partial charge in [0, 0.05) is 16.9 Å². The lowest BCUT2D eigenvalue weighted by molar-refractivity contribution is -0.875. The summed E-state index contributed by atoms with van der Waals surface area (Å²) < 4.78 is 296. The Balaban J connectivity index is 0.000000295. The van der Waals surface area contributed by atoms with Gasteiger partial charge in [0.15, 0.2) is 69.8 Å². The first kappa shape index (κ1) is 46.4. The second-order valence-electron chi connectivity index (χ2n) is 13.0. The summed E-state index contributed by atoms with van der Waals surface area (Å²) in [5.74, 6) is -70.6. The van der Waals surface area contributed by atoms with E-state index in [1.165, 1.54) is 11.1 Å². The number of rotatable bonds is 7. The summed E-state index contributed by atoms with van der Waals surface area (Å²) in [6.07, 6.45) is -3.48. The van der Waals surface area contributed by atoms with Crippen LogP contribution in [0.2, 0.25) is 0 Å². The van der Waals surface area contributed by atoms with Crippen molar-refractivity contribution in [3.05, 3.63) is 202 Å². The van der Waals surface area contributed by atoms with Crippen molar-refractivity contribution in [1.82, 2.24) is 0 Å². The Morgan fingerprint density at radius 3 is 0.781 bits per heavy atom. The van der Waals surface area contributed by atoms with E-state index in [-0.39, 0.29) is 0 Å². The zero-order valence-corrected chi connectivity index (χ0v) is 30.6. The van der Waals surface area contributed by atoms with Crippen LogP contribution in [0.25, 0.3) is 11.1 Å². The fourth-order valence-electron chi connectivity index (χ4n) is 6.78. The van der Waals surface area contributed by atoms with Crippen molar-refractivity contribution in [2.24, 2.45) is 0 Å². The molecule has 332 valence electrons. The Morgan fingerprint density at radius 2 is 0.500 bits per heavy atom. The van der Waals surface area contributed by atoms with Gasteiger partial charge >= 0.3 is 0 Å². The fraction of sp³-hybridized carbons (Fsp3) is 0. The van der Waals surface area contributed by atoms with Crippen molar-refractivity contribution in [1.29, 1.82) is 0 Å². The van der Waals surface area contributed by atoms with E-state index in [0.717, 1.165) is 5.75 Å². The maximum absolute atomic E-state index is 15.4. The molecule has 0 aliphatic heterocycles. The van der Waals surface area contributed by atoms with Crippen LogP contribution in [0.15, 0.2) is 85.2 Å². The molecule has 1 aromatic heterocycles. The molecule has 0 bridgehead atoms. The minimum atomic E-state index is -7.22. The van der Waals surface area contributed by atoms with E-state index in [1.807, 2.05) is 60.9 Å². The molecule has 7 rings (SSSR count). The third kappa shape index (κ3) is 7.40. The molecule has 0 amide bonds.